The van der Waals surface area contributed by atoms with E-state index in [2.05, 4.69) is 16.6 Å². The molecule has 1 aromatic rings. The van der Waals surface area contributed by atoms with E-state index in [9.17, 15) is 4.79 Å². The van der Waals surface area contributed by atoms with Crippen LogP contribution in [0.1, 0.15) is 28.9 Å². The maximum absolute atomic E-state index is 12.2. The molecule has 0 radical (unpaired) electrons. The Balaban J connectivity index is 2.00. The van der Waals surface area contributed by atoms with Gasteiger partial charge in [-0.25, -0.2) is 4.98 Å². The molecule has 0 bridgehead atoms. The molecule has 0 saturated heterocycles. The number of amides is 1. The van der Waals surface area contributed by atoms with Gasteiger partial charge >= 0.3 is 0 Å². The number of aromatic nitrogens is 1. The lowest BCUT2D eigenvalue weighted by Crippen LogP contribution is -2.33. The summed E-state index contributed by atoms with van der Waals surface area (Å²) >= 11 is 3.22. The van der Waals surface area contributed by atoms with Crippen LogP contribution in [0.5, 0.6) is 0 Å². The third kappa shape index (κ3) is 3.33. The van der Waals surface area contributed by atoms with Crippen LogP contribution in [0.15, 0.2) is 0 Å². The standard InChI is InChI=1S/C12H20N4OS2/c1-16(2)12-15-10(13)9(19-12)11(17)14-7-4-5-8(6-7)18-3/h7-8H,4-6,13H2,1-3H3,(H,14,17). The van der Waals surface area contributed by atoms with Gasteiger partial charge in [-0.3, -0.25) is 4.79 Å². The van der Waals surface area contributed by atoms with Crippen molar-refractivity contribution in [2.45, 2.75) is 30.6 Å². The number of nitrogen functional groups attached to an aromatic ring is 1. The molecule has 106 valence electrons. The van der Waals surface area contributed by atoms with Crippen LogP contribution in [0, 0.1) is 0 Å². The highest BCUT2D eigenvalue weighted by Crippen LogP contribution is 2.30. The van der Waals surface area contributed by atoms with Gasteiger partial charge in [0.1, 0.15) is 10.7 Å². The third-order valence-corrected chi connectivity index (χ3v) is 5.62. The lowest BCUT2D eigenvalue weighted by Gasteiger charge is -2.12. The zero-order chi connectivity index (χ0) is 14.0. The average molecular weight is 300 g/mol. The smallest absolute Gasteiger partial charge is 0.265 e. The maximum atomic E-state index is 12.2. The zero-order valence-corrected chi connectivity index (χ0v) is 13.1. The van der Waals surface area contributed by atoms with Crippen molar-refractivity contribution >= 4 is 40.0 Å². The number of thiazole rings is 1. The minimum absolute atomic E-state index is 0.0881. The third-order valence-electron chi connectivity index (χ3n) is 3.28. The summed E-state index contributed by atoms with van der Waals surface area (Å²) in [5.41, 5.74) is 5.82. The Bertz CT molecular complexity index is 461. The predicted octanol–water partition coefficient (Wildman–Crippen LogP) is 1.81. The summed E-state index contributed by atoms with van der Waals surface area (Å²) < 4.78 is 0. The largest absolute Gasteiger partial charge is 0.382 e. The summed E-state index contributed by atoms with van der Waals surface area (Å²) in [4.78, 5) is 18.8. The van der Waals surface area contributed by atoms with Gasteiger partial charge in [0.15, 0.2) is 5.13 Å². The van der Waals surface area contributed by atoms with E-state index >= 15 is 0 Å². The molecule has 0 aliphatic heterocycles. The van der Waals surface area contributed by atoms with Crippen LogP contribution in [0.2, 0.25) is 0 Å². The lowest BCUT2D eigenvalue weighted by molar-refractivity contribution is 0.0943. The minimum atomic E-state index is -0.0881. The van der Waals surface area contributed by atoms with Crippen LogP contribution in [0.4, 0.5) is 10.9 Å². The van der Waals surface area contributed by atoms with Crippen LogP contribution in [0.3, 0.4) is 0 Å². The molecule has 2 rings (SSSR count). The number of hydrogen-bond acceptors (Lipinski definition) is 6. The Kier molecular flexibility index (Phi) is 4.57. The Morgan fingerprint density at radius 3 is 2.79 bits per heavy atom. The van der Waals surface area contributed by atoms with Crippen molar-refractivity contribution in [1.82, 2.24) is 10.3 Å². The summed E-state index contributed by atoms with van der Waals surface area (Å²) in [6.07, 6.45) is 5.40. The molecule has 1 amide bonds. The second kappa shape index (κ2) is 6.00. The van der Waals surface area contributed by atoms with E-state index in [-0.39, 0.29) is 11.9 Å². The van der Waals surface area contributed by atoms with Crippen molar-refractivity contribution in [1.29, 1.82) is 0 Å². The molecule has 2 unspecified atom stereocenters. The number of anilines is 2. The molecule has 1 heterocycles. The Hall–Kier alpha value is -0.950. The number of hydrogen-bond donors (Lipinski definition) is 2. The number of rotatable bonds is 4. The summed E-state index contributed by atoms with van der Waals surface area (Å²) in [5.74, 6) is 0.237. The number of nitrogens with one attached hydrogen (secondary N) is 1. The number of nitrogens with two attached hydrogens (primary N) is 1. The van der Waals surface area contributed by atoms with E-state index in [0.717, 1.165) is 18.0 Å². The van der Waals surface area contributed by atoms with Crippen molar-refractivity contribution in [3.63, 3.8) is 0 Å². The summed E-state index contributed by atoms with van der Waals surface area (Å²) in [7, 11) is 3.78. The van der Waals surface area contributed by atoms with Gasteiger partial charge in [0, 0.05) is 25.4 Å². The first-order valence-corrected chi connectivity index (χ1v) is 8.39. The van der Waals surface area contributed by atoms with Crippen molar-refractivity contribution in [3.8, 4) is 0 Å². The van der Waals surface area contributed by atoms with Gasteiger partial charge in [0.25, 0.3) is 5.91 Å². The van der Waals surface area contributed by atoms with Crippen LogP contribution >= 0.6 is 23.1 Å². The Morgan fingerprint density at radius 2 is 2.26 bits per heavy atom. The zero-order valence-electron chi connectivity index (χ0n) is 11.5. The van der Waals surface area contributed by atoms with Crippen LogP contribution in [-0.2, 0) is 0 Å². The van der Waals surface area contributed by atoms with Gasteiger partial charge in [0.2, 0.25) is 0 Å². The first-order chi connectivity index (χ1) is 9.01. The van der Waals surface area contributed by atoms with Crippen molar-refractivity contribution in [2.24, 2.45) is 0 Å². The van der Waals surface area contributed by atoms with E-state index in [0.29, 0.717) is 15.9 Å². The van der Waals surface area contributed by atoms with E-state index in [4.69, 9.17) is 5.73 Å². The number of carbonyl (C=O) groups excluding carboxylic acids is 1. The second-order valence-corrected chi connectivity index (χ2v) is 7.06. The van der Waals surface area contributed by atoms with E-state index < -0.39 is 0 Å². The molecule has 5 nitrogen and oxygen atoms in total. The van der Waals surface area contributed by atoms with Gasteiger partial charge in [-0.1, -0.05) is 11.3 Å². The molecule has 19 heavy (non-hydrogen) atoms. The molecule has 3 N–H and O–H groups in total. The van der Waals surface area contributed by atoms with Crippen LogP contribution in [0.25, 0.3) is 0 Å². The normalized spacial score (nSPS) is 22.5. The molecular formula is C12H20N4OS2. The number of nitrogens with zero attached hydrogens (tertiary/aromatic N) is 2. The molecule has 1 saturated carbocycles. The van der Waals surface area contributed by atoms with Gasteiger partial charge < -0.3 is 16.0 Å². The molecule has 1 aliphatic rings. The topological polar surface area (TPSA) is 71.2 Å². The summed E-state index contributed by atoms with van der Waals surface area (Å²) in [6, 6.07) is 0.272. The van der Waals surface area contributed by atoms with E-state index in [1.54, 1.807) is 0 Å². The first-order valence-electron chi connectivity index (χ1n) is 6.28. The van der Waals surface area contributed by atoms with E-state index in [1.165, 1.54) is 17.8 Å². The highest BCUT2D eigenvalue weighted by atomic mass is 32.2. The Morgan fingerprint density at radius 1 is 1.53 bits per heavy atom. The lowest BCUT2D eigenvalue weighted by atomic mass is 10.2. The highest BCUT2D eigenvalue weighted by molar-refractivity contribution is 7.99. The van der Waals surface area contributed by atoms with Crippen molar-refractivity contribution in [2.75, 3.05) is 31.0 Å². The molecule has 0 spiro atoms. The second-order valence-electron chi connectivity index (χ2n) is 4.95. The number of thioether (sulfide) groups is 1. The molecule has 2 atom stereocenters. The summed E-state index contributed by atoms with van der Waals surface area (Å²) in [6.45, 7) is 0. The van der Waals surface area contributed by atoms with Gasteiger partial charge in [-0.2, -0.15) is 11.8 Å². The van der Waals surface area contributed by atoms with Crippen molar-refractivity contribution in [3.05, 3.63) is 4.88 Å². The van der Waals surface area contributed by atoms with Gasteiger partial charge in [0.05, 0.1) is 0 Å². The molecular weight excluding hydrogens is 280 g/mol. The van der Waals surface area contributed by atoms with E-state index in [1.807, 2.05) is 30.8 Å². The van der Waals surface area contributed by atoms with Crippen LogP contribution < -0.4 is 16.0 Å². The van der Waals surface area contributed by atoms with Gasteiger partial charge in [-0.05, 0) is 25.5 Å². The molecule has 0 aromatic carbocycles. The molecule has 1 aromatic heterocycles. The summed E-state index contributed by atoms with van der Waals surface area (Å²) in [5, 5.41) is 4.50. The quantitative estimate of drug-likeness (QED) is 0.887. The number of carbonyl (C=O) groups is 1. The fourth-order valence-electron chi connectivity index (χ4n) is 2.21. The average Bonchev–Trinajstić information content (AvgIpc) is 2.95. The first kappa shape index (κ1) is 14.5. The highest BCUT2D eigenvalue weighted by Gasteiger charge is 2.27. The monoisotopic (exact) mass is 300 g/mol. The molecule has 7 heteroatoms. The fourth-order valence-corrected chi connectivity index (χ4v) is 3.82. The van der Waals surface area contributed by atoms with Crippen LogP contribution in [-0.4, -0.2) is 42.5 Å². The minimum Gasteiger partial charge on any atom is -0.382 e. The van der Waals surface area contributed by atoms with Crippen molar-refractivity contribution < 1.29 is 4.79 Å². The molecule has 1 aliphatic carbocycles. The van der Waals surface area contributed by atoms with Gasteiger partial charge in [-0.15, -0.1) is 0 Å². The fraction of sp³-hybridized carbons (Fsp3) is 0.667. The Labute approximate surface area is 122 Å². The maximum Gasteiger partial charge on any atom is 0.265 e. The molecule has 1 fully saturated rings. The predicted molar refractivity (Wildman–Crippen MR) is 83.3 cm³/mol. The SMILES string of the molecule is CSC1CCC(NC(=O)c2sc(N(C)C)nc2N)C1.